The van der Waals surface area contributed by atoms with Crippen LogP contribution in [0.3, 0.4) is 0 Å². The molecule has 160 valence electrons. The summed E-state index contributed by atoms with van der Waals surface area (Å²) in [6.07, 6.45) is 0.680. The third kappa shape index (κ3) is 5.96. The van der Waals surface area contributed by atoms with E-state index in [4.69, 9.17) is 20.8 Å². The molecule has 1 unspecified atom stereocenters. The third-order valence-electron chi connectivity index (χ3n) is 4.43. The quantitative estimate of drug-likeness (QED) is 0.408. The van der Waals surface area contributed by atoms with E-state index >= 15 is 0 Å². The minimum atomic E-state index is -0.754. The molecule has 1 atom stereocenters. The molecule has 0 aliphatic rings. The number of hydrazone groups is 1. The first-order valence-corrected chi connectivity index (χ1v) is 9.93. The number of nitrogens with one attached hydrogen (secondary N) is 2. The predicted octanol–water partition coefficient (Wildman–Crippen LogP) is 4.80. The molecule has 0 aliphatic carbocycles. The monoisotopic (exact) mass is 439 g/mol. The van der Waals surface area contributed by atoms with Crippen molar-refractivity contribution >= 4 is 34.8 Å². The summed E-state index contributed by atoms with van der Waals surface area (Å²) < 4.78 is 10.8. The second-order valence-corrected chi connectivity index (χ2v) is 7.29. The van der Waals surface area contributed by atoms with Crippen LogP contribution in [0.25, 0.3) is 0 Å². The van der Waals surface area contributed by atoms with Crippen LogP contribution in [0.2, 0.25) is 5.02 Å². The Balaban J connectivity index is 1.61. The molecule has 0 saturated heterocycles. The van der Waals surface area contributed by atoms with Crippen molar-refractivity contribution in [1.29, 1.82) is 0 Å². The first-order chi connectivity index (χ1) is 14.8. The van der Waals surface area contributed by atoms with Gasteiger partial charge in [-0.05, 0) is 74.4 Å². The molecule has 2 amide bonds. The molecule has 0 radical (unpaired) electrons. The Kier molecular flexibility index (Phi) is 7.10. The molecular weight excluding hydrogens is 418 g/mol. The van der Waals surface area contributed by atoms with Gasteiger partial charge in [-0.2, -0.15) is 5.10 Å². The summed E-state index contributed by atoms with van der Waals surface area (Å²) in [6.45, 7) is 5.24. The number of carbonyl (C=O) groups is 2. The van der Waals surface area contributed by atoms with Crippen molar-refractivity contribution < 1.29 is 18.7 Å². The number of hydrogen-bond acceptors (Lipinski definition) is 5. The highest BCUT2D eigenvalue weighted by molar-refractivity contribution is 6.30. The van der Waals surface area contributed by atoms with Gasteiger partial charge < -0.3 is 14.5 Å². The number of nitrogens with zero attached hydrogens (tertiary/aromatic N) is 1. The number of carbonyl (C=O) groups excluding carboxylic acids is 2. The molecule has 3 aromatic rings. The lowest BCUT2D eigenvalue weighted by molar-refractivity contribution is -0.127. The first kappa shape index (κ1) is 22.1. The van der Waals surface area contributed by atoms with Crippen LogP contribution in [0.4, 0.5) is 5.69 Å². The van der Waals surface area contributed by atoms with E-state index in [9.17, 15) is 9.59 Å². The van der Waals surface area contributed by atoms with Crippen LogP contribution < -0.4 is 15.5 Å². The van der Waals surface area contributed by atoms with Crippen LogP contribution in [0.5, 0.6) is 5.75 Å². The number of hydrogen-bond donors (Lipinski definition) is 2. The van der Waals surface area contributed by atoms with Crippen LogP contribution in [0, 0.1) is 6.92 Å². The van der Waals surface area contributed by atoms with Crippen molar-refractivity contribution in [2.24, 2.45) is 5.10 Å². The van der Waals surface area contributed by atoms with Crippen LogP contribution in [-0.4, -0.2) is 23.6 Å². The summed E-state index contributed by atoms with van der Waals surface area (Å²) in [7, 11) is 0. The standard InChI is InChI=1S/C23H22ClN3O4/c1-14-12-18(24)9-10-20(14)31-16(3)22(28)27-26-15(2)17-6-4-7-19(13-17)25-23(29)21-8-5-11-30-21/h4-13,16H,1-3H3,(H,25,29)(H,27,28). The second kappa shape index (κ2) is 9.95. The number of halogens is 1. The zero-order valence-corrected chi connectivity index (χ0v) is 18.1. The molecule has 1 aromatic heterocycles. The molecule has 0 bridgehead atoms. The lowest BCUT2D eigenvalue weighted by atomic mass is 10.1. The van der Waals surface area contributed by atoms with E-state index in [1.54, 1.807) is 62.4 Å². The molecule has 0 fully saturated rings. The fraction of sp³-hybridized carbons (Fsp3) is 0.174. The fourth-order valence-electron chi connectivity index (χ4n) is 2.71. The zero-order chi connectivity index (χ0) is 22.4. The number of aryl methyl sites for hydroxylation is 1. The molecule has 0 aliphatic heterocycles. The summed E-state index contributed by atoms with van der Waals surface area (Å²) >= 11 is 5.94. The Morgan fingerprint density at radius 1 is 1.13 bits per heavy atom. The van der Waals surface area contributed by atoms with Crippen molar-refractivity contribution in [1.82, 2.24) is 5.43 Å². The highest BCUT2D eigenvalue weighted by Gasteiger charge is 2.16. The molecule has 31 heavy (non-hydrogen) atoms. The SMILES string of the molecule is CC(=NNC(=O)C(C)Oc1ccc(Cl)cc1C)c1cccc(NC(=O)c2ccco2)c1. The normalized spacial score (nSPS) is 12.2. The Morgan fingerprint density at radius 2 is 1.94 bits per heavy atom. The minimum Gasteiger partial charge on any atom is -0.481 e. The number of furan rings is 1. The van der Waals surface area contributed by atoms with Gasteiger partial charge in [0.25, 0.3) is 11.8 Å². The van der Waals surface area contributed by atoms with Crippen molar-refractivity contribution in [3.63, 3.8) is 0 Å². The predicted molar refractivity (Wildman–Crippen MR) is 120 cm³/mol. The summed E-state index contributed by atoms with van der Waals surface area (Å²) in [5.74, 6) is 0.0465. The van der Waals surface area contributed by atoms with Gasteiger partial charge in [0.1, 0.15) is 5.75 Å². The molecular formula is C23H22ClN3O4. The molecule has 2 aromatic carbocycles. The van der Waals surface area contributed by atoms with E-state index in [1.165, 1.54) is 6.26 Å². The van der Waals surface area contributed by atoms with Gasteiger partial charge in [0.05, 0.1) is 12.0 Å². The van der Waals surface area contributed by atoms with Crippen molar-refractivity contribution in [3.8, 4) is 5.75 Å². The average molecular weight is 440 g/mol. The van der Waals surface area contributed by atoms with Gasteiger partial charge in [0.15, 0.2) is 11.9 Å². The van der Waals surface area contributed by atoms with Gasteiger partial charge in [0.2, 0.25) is 0 Å². The highest BCUT2D eigenvalue weighted by atomic mass is 35.5. The van der Waals surface area contributed by atoms with E-state index in [1.807, 2.05) is 13.0 Å². The average Bonchev–Trinajstić information content (AvgIpc) is 3.29. The smallest absolute Gasteiger partial charge is 0.291 e. The summed E-state index contributed by atoms with van der Waals surface area (Å²) in [5, 5.41) is 7.50. The van der Waals surface area contributed by atoms with Crippen molar-refractivity contribution in [2.45, 2.75) is 26.9 Å². The minimum absolute atomic E-state index is 0.216. The summed E-state index contributed by atoms with van der Waals surface area (Å²) in [4.78, 5) is 24.5. The summed E-state index contributed by atoms with van der Waals surface area (Å²) in [5.41, 5.74) is 5.22. The van der Waals surface area contributed by atoms with Gasteiger partial charge in [-0.3, -0.25) is 9.59 Å². The van der Waals surface area contributed by atoms with Crippen LogP contribution in [0.15, 0.2) is 70.4 Å². The Bertz CT molecular complexity index is 1110. The highest BCUT2D eigenvalue weighted by Crippen LogP contribution is 2.22. The topological polar surface area (TPSA) is 92.9 Å². The molecule has 0 saturated carbocycles. The van der Waals surface area contributed by atoms with E-state index in [-0.39, 0.29) is 11.7 Å². The molecule has 3 rings (SSSR count). The maximum absolute atomic E-state index is 12.4. The van der Waals surface area contributed by atoms with Gasteiger partial charge in [-0.25, -0.2) is 5.43 Å². The lowest BCUT2D eigenvalue weighted by Gasteiger charge is -2.15. The van der Waals surface area contributed by atoms with E-state index in [2.05, 4.69) is 15.8 Å². The Morgan fingerprint density at radius 3 is 2.65 bits per heavy atom. The van der Waals surface area contributed by atoms with Crippen molar-refractivity contribution in [3.05, 3.63) is 82.8 Å². The van der Waals surface area contributed by atoms with E-state index < -0.39 is 12.0 Å². The summed E-state index contributed by atoms with van der Waals surface area (Å²) in [6, 6.07) is 15.5. The van der Waals surface area contributed by atoms with Crippen LogP contribution >= 0.6 is 11.6 Å². The number of anilines is 1. The Labute approximate surface area is 185 Å². The van der Waals surface area contributed by atoms with E-state index in [0.29, 0.717) is 22.2 Å². The molecule has 7 nitrogen and oxygen atoms in total. The van der Waals surface area contributed by atoms with Crippen LogP contribution in [-0.2, 0) is 4.79 Å². The Hall–Kier alpha value is -3.58. The van der Waals surface area contributed by atoms with Gasteiger partial charge in [-0.15, -0.1) is 0 Å². The number of benzene rings is 2. The number of amides is 2. The zero-order valence-electron chi connectivity index (χ0n) is 17.3. The maximum atomic E-state index is 12.4. The maximum Gasteiger partial charge on any atom is 0.291 e. The van der Waals surface area contributed by atoms with Crippen molar-refractivity contribution in [2.75, 3.05) is 5.32 Å². The van der Waals surface area contributed by atoms with Gasteiger partial charge in [0, 0.05) is 10.7 Å². The number of rotatable bonds is 7. The second-order valence-electron chi connectivity index (χ2n) is 6.86. The van der Waals surface area contributed by atoms with Gasteiger partial charge in [-0.1, -0.05) is 23.7 Å². The van der Waals surface area contributed by atoms with Gasteiger partial charge >= 0.3 is 0 Å². The third-order valence-corrected chi connectivity index (χ3v) is 4.66. The lowest BCUT2D eigenvalue weighted by Crippen LogP contribution is -2.34. The van der Waals surface area contributed by atoms with E-state index in [0.717, 1.165) is 11.1 Å². The van der Waals surface area contributed by atoms with Crippen LogP contribution in [0.1, 0.15) is 35.5 Å². The molecule has 0 spiro atoms. The first-order valence-electron chi connectivity index (χ1n) is 9.55. The fourth-order valence-corrected chi connectivity index (χ4v) is 2.93. The number of ether oxygens (including phenoxy) is 1. The molecule has 8 heteroatoms. The molecule has 1 heterocycles. The molecule has 2 N–H and O–H groups in total. The largest absolute Gasteiger partial charge is 0.481 e.